The molecule has 0 aromatic carbocycles. The number of carbonyl (C=O) groups is 1. The van der Waals surface area contributed by atoms with Gasteiger partial charge in [-0.3, -0.25) is 15.0 Å². The number of aromatic amines is 1. The maximum Gasteiger partial charge on any atom is 0.240 e. The molecule has 0 aliphatic carbocycles. The van der Waals surface area contributed by atoms with E-state index in [0.717, 1.165) is 26.2 Å². The van der Waals surface area contributed by atoms with Crippen molar-refractivity contribution in [2.45, 2.75) is 0 Å². The molecule has 1 aliphatic heterocycles. The largest absolute Gasteiger partial charge is 0.331 e. The standard InChI is InChI=1S/C9H15N5O/c15-8(13-9-11-1-2-12-9)7-14-5-3-10-4-6-14/h1-2,10H,3-7H2,(H2,11,12,13,15). The van der Waals surface area contributed by atoms with Crippen molar-refractivity contribution in [2.24, 2.45) is 0 Å². The molecule has 6 nitrogen and oxygen atoms in total. The molecule has 6 heteroatoms. The Balaban J connectivity index is 1.76. The van der Waals surface area contributed by atoms with Gasteiger partial charge in [-0.25, -0.2) is 4.98 Å². The van der Waals surface area contributed by atoms with Gasteiger partial charge in [-0.2, -0.15) is 0 Å². The van der Waals surface area contributed by atoms with Crippen molar-refractivity contribution in [2.75, 3.05) is 38.0 Å². The lowest BCUT2D eigenvalue weighted by Crippen LogP contribution is -2.46. The van der Waals surface area contributed by atoms with E-state index in [-0.39, 0.29) is 5.91 Å². The maximum absolute atomic E-state index is 11.5. The lowest BCUT2D eigenvalue weighted by Gasteiger charge is -2.26. The summed E-state index contributed by atoms with van der Waals surface area (Å²) in [7, 11) is 0. The quantitative estimate of drug-likeness (QED) is 0.612. The summed E-state index contributed by atoms with van der Waals surface area (Å²) in [6, 6.07) is 0. The number of piperazine rings is 1. The van der Waals surface area contributed by atoms with Crippen LogP contribution in [0.3, 0.4) is 0 Å². The lowest BCUT2D eigenvalue weighted by atomic mass is 10.3. The van der Waals surface area contributed by atoms with E-state index in [1.54, 1.807) is 12.4 Å². The van der Waals surface area contributed by atoms with Crippen LogP contribution in [0.2, 0.25) is 0 Å². The number of hydrogen-bond acceptors (Lipinski definition) is 4. The molecule has 1 aromatic heterocycles. The maximum atomic E-state index is 11.5. The molecule has 15 heavy (non-hydrogen) atoms. The number of H-pyrrole nitrogens is 1. The second-order valence-electron chi connectivity index (χ2n) is 3.51. The predicted octanol–water partition coefficient (Wildman–Crippen LogP) is -0.747. The highest BCUT2D eigenvalue weighted by molar-refractivity contribution is 5.90. The fourth-order valence-electron chi connectivity index (χ4n) is 1.58. The summed E-state index contributed by atoms with van der Waals surface area (Å²) in [6.07, 6.45) is 3.29. The molecule has 1 amide bonds. The van der Waals surface area contributed by atoms with Crippen molar-refractivity contribution in [3.63, 3.8) is 0 Å². The number of aromatic nitrogens is 2. The molecule has 82 valence electrons. The van der Waals surface area contributed by atoms with Gasteiger partial charge in [0.2, 0.25) is 11.9 Å². The molecule has 0 bridgehead atoms. The molecule has 0 saturated carbocycles. The predicted molar refractivity (Wildman–Crippen MR) is 56.5 cm³/mol. The molecule has 1 saturated heterocycles. The van der Waals surface area contributed by atoms with Crippen LogP contribution < -0.4 is 10.6 Å². The van der Waals surface area contributed by atoms with Crippen LogP contribution >= 0.6 is 0 Å². The van der Waals surface area contributed by atoms with Crippen LogP contribution in [0.5, 0.6) is 0 Å². The van der Waals surface area contributed by atoms with Gasteiger partial charge in [-0.15, -0.1) is 0 Å². The minimum absolute atomic E-state index is 0.0214. The summed E-state index contributed by atoms with van der Waals surface area (Å²) in [6.45, 7) is 4.18. The normalized spacial score (nSPS) is 17.6. The van der Waals surface area contributed by atoms with E-state index < -0.39 is 0 Å². The summed E-state index contributed by atoms with van der Waals surface area (Å²) < 4.78 is 0. The average molecular weight is 209 g/mol. The van der Waals surface area contributed by atoms with Crippen LogP contribution in [-0.4, -0.2) is 53.5 Å². The molecule has 1 aromatic rings. The van der Waals surface area contributed by atoms with Crippen LogP contribution in [-0.2, 0) is 4.79 Å². The highest BCUT2D eigenvalue weighted by atomic mass is 16.2. The minimum Gasteiger partial charge on any atom is -0.331 e. The number of nitrogens with zero attached hydrogens (tertiary/aromatic N) is 2. The van der Waals surface area contributed by atoms with Gasteiger partial charge in [0.15, 0.2) is 0 Å². The first-order valence-electron chi connectivity index (χ1n) is 5.07. The number of anilines is 1. The van der Waals surface area contributed by atoms with Crippen molar-refractivity contribution in [1.29, 1.82) is 0 Å². The molecule has 2 heterocycles. The zero-order valence-electron chi connectivity index (χ0n) is 8.49. The average Bonchev–Trinajstić information content (AvgIpc) is 2.71. The van der Waals surface area contributed by atoms with E-state index in [1.165, 1.54) is 0 Å². The Bertz CT molecular complexity index is 304. The summed E-state index contributed by atoms with van der Waals surface area (Å²) in [5.41, 5.74) is 0. The lowest BCUT2D eigenvalue weighted by molar-refractivity contribution is -0.117. The molecule has 3 N–H and O–H groups in total. The molecule has 0 unspecified atom stereocenters. The number of nitrogens with one attached hydrogen (secondary N) is 3. The number of rotatable bonds is 3. The van der Waals surface area contributed by atoms with E-state index in [4.69, 9.17) is 0 Å². The topological polar surface area (TPSA) is 73.1 Å². The van der Waals surface area contributed by atoms with Crippen LogP contribution in [0.4, 0.5) is 5.95 Å². The van der Waals surface area contributed by atoms with E-state index in [0.29, 0.717) is 12.5 Å². The third kappa shape index (κ3) is 3.03. The zero-order valence-corrected chi connectivity index (χ0v) is 8.49. The molecule has 2 rings (SSSR count). The molecule has 0 radical (unpaired) electrons. The van der Waals surface area contributed by atoms with Crippen LogP contribution in [0.25, 0.3) is 0 Å². The van der Waals surface area contributed by atoms with Gasteiger partial charge in [0.05, 0.1) is 6.54 Å². The Morgan fingerprint density at radius 1 is 1.53 bits per heavy atom. The van der Waals surface area contributed by atoms with Crippen molar-refractivity contribution in [3.8, 4) is 0 Å². The van der Waals surface area contributed by atoms with E-state index >= 15 is 0 Å². The number of carbonyl (C=O) groups excluding carboxylic acids is 1. The molecular weight excluding hydrogens is 194 g/mol. The third-order valence-electron chi connectivity index (χ3n) is 2.33. The van der Waals surface area contributed by atoms with Gasteiger partial charge in [0, 0.05) is 38.6 Å². The monoisotopic (exact) mass is 209 g/mol. The Morgan fingerprint density at radius 2 is 2.33 bits per heavy atom. The molecule has 0 atom stereocenters. The Kier molecular flexibility index (Phi) is 3.31. The van der Waals surface area contributed by atoms with Gasteiger partial charge in [-0.05, 0) is 0 Å². The van der Waals surface area contributed by atoms with Crippen LogP contribution in [0, 0.1) is 0 Å². The second kappa shape index (κ2) is 4.90. The smallest absolute Gasteiger partial charge is 0.240 e. The molecule has 1 fully saturated rings. The highest BCUT2D eigenvalue weighted by Crippen LogP contribution is 1.97. The first-order valence-corrected chi connectivity index (χ1v) is 5.07. The summed E-state index contributed by atoms with van der Waals surface area (Å²) in [4.78, 5) is 20.4. The van der Waals surface area contributed by atoms with Gasteiger partial charge >= 0.3 is 0 Å². The van der Waals surface area contributed by atoms with Crippen molar-refractivity contribution < 1.29 is 4.79 Å². The van der Waals surface area contributed by atoms with Gasteiger partial charge < -0.3 is 10.3 Å². The van der Waals surface area contributed by atoms with E-state index in [2.05, 4.69) is 25.5 Å². The van der Waals surface area contributed by atoms with E-state index in [1.807, 2.05) is 0 Å². The Morgan fingerprint density at radius 3 is 3.00 bits per heavy atom. The molecular formula is C9H15N5O. The van der Waals surface area contributed by atoms with Crippen molar-refractivity contribution in [1.82, 2.24) is 20.2 Å². The molecule has 0 spiro atoms. The fraction of sp³-hybridized carbons (Fsp3) is 0.556. The first kappa shape index (κ1) is 10.1. The van der Waals surface area contributed by atoms with Crippen LogP contribution in [0.15, 0.2) is 12.4 Å². The molecule has 1 aliphatic rings. The summed E-state index contributed by atoms with van der Waals surface area (Å²) in [5, 5.41) is 5.94. The van der Waals surface area contributed by atoms with Crippen molar-refractivity contribution >= 4 is 11.9 Å². The van der Waals surface area contributed by atoms with Crippen LogP contribution in [0.1, 0.15) is 0 Å². The van der Waals surface area contributed by atoms with E-state index in [9.17, 15) is 4.79 Å². The SMILES string of the molecule is O=C(CN1CCNCC1)Nc1ncc[nH]1. The number of hydrogen-bond donors (Lipinski definition) is 3. The van der Waals surface area contributed by atoms with Crippen molar-refractivity contribution in [3.05, 3.63) is 12.4 Å². The van der Waals surface area contributed by atoms with Gasteiger partial charge in [-0.1, -0.05) is 0 Å². The Labute approximate surface area is 88.1 Å². The fourth-order valence-corrected chi connectivity index (χ4v) is 1.58. The van der Waals surface area contributed by atoms with Gasteiger partial charge in [0.1, 0.15) is 0 Å². The highest BCUT2D eigenvalue weighted by Gasteiger charge is 2.13. The summed E-state index contributed by atoms with van der Waals surface area (Å²) in [5.74, 6) is 0.488. The number of amides is 1. The minimum atomic E-state index is -0.0214. The van der Waals surface area contributed by atoms with Gasteiger partial charge in [0.25, 0.3) is 0 Å². The summed E-state index contributed by atoms with van der Waals surface area (Å²) >= 11 is 0. The second-order valence-corrected chi connectivity index (χ2v) is 3.51. The zero-order chi connectivity index (χ0) is 10.5. The number of imidazole rings is 1. The third-order valence-corrected chi connectivity index (χ3v) is 2.33. The first-order chi connectivity index (χ1) is 7.34. The Hall–Kier alpha value is -1.40.